The van der Waals surface area contributed by atoms with E-state index in [2.05, 4.69) is 98.8 Å². The van der Waals surface area contributed by atoms with Gasteiger partial charge in [-0.15, -0.1) is 0 Å². The predicted octanol–water partition coefficient (Wildman–Crippen LogP) is 10.8. The summed E-state index contributed by atoms with van der Waals surface area (Å²) in [6, 6.07) is 34.3. The van der Waals surface area contributed by atoms with Gasteiger partial charge < -0.3 is 10.2 Å². The molecule has 4 aromatic rings. The molecule has 4 aromatic carbocycles. The molecule has 0 spiro atoms. The number of aromatic hydroxyl groups is 2. The monoisotopic (exact) mass is 572 g/mol. The lowest BCUT2D eigenvalue weighted by Gasteiger charge is -2.34. The Hall–Kier alpha value is -3.52. The third kappa shape index (κ3) is 6.54. The Morgan fingerprint density at radius 1 is 0.535 bits per heavy atom. The minimum absolute atomic E-state index is 0.371. The molecule has 0 heterocycles. The van der Waals surface area contributed by atoms with Gasteiger partial charge in [-0.05, 0) is 107 Å². The Morgan fingerprint density at radius 3 is 1.37 bits per heavy atom. The van der Waals surface area contributed by atoms with Crippen LogP contribution in [0.4, 0.5) is 0 Å². The van der Waals surface area contributed by atoms with E-state index in [9.17, 15) is 10.2 Å². The minimum Gasteiger partial charge on any atom is -0.507 e. The van der Waals surface area contributed by atoms with Gasteiger partial charge in [0, 0.05) is 6.42 Å². The summed E-state index contributed by atoms with van der Waals surface area (Å²) in [7, 11) is 0. The molecule has 0 aromatic heterocycles. The SMILES string of the molecule is CC(c1ccccc1)C1CCCC(c2cccc(Cc3cccc(C4CCCC(C(C)c5ccccc5)C4)c3O)c2O)C1. The average Bonchev–Trinajstić information content (AvgIpc) is 3.07. The van der Waals surface area contributed by atoms with Crippen LogP contribution in [0.3, 0.4) is 0 Å². The van der Waals surface area contributed by atoms with Crippen LogP contribution in [0.2, 0.25) is 0 Å². The van der Waals surface area contributed by atoms with Crippen LogP contribution in [0.1, 0.15) is 122 Å². The molecule has 2 aliphatic carbocycles. The Bertz CT molecular complexity index is 1360. The molecule has 0 bridgehead atoms. The summed E-state index contributed by atoms with van der Waals surface area (Å²) in [5.74, 6) is 3.88. The van der Waals surface area contributed by atoms with Crippen LogP contribution in [0.25, 0.3) is 0 Å². The molecule has 6 rings (SSSR count). The van der Waals surface area contributed by atoms with Gasteiger partial charge in [-0.1, -0.05) is 124 Å². The van der Waals surface area contributed by atoms with Gasteiger partial charge in [-0.2, -0.15) is 0 Å². The zero-order chi connectivity index (χ0) is 29.8. The van der Waals surface area contributed by atoms with Crippen molar-refractivity contribution in [2.45, 2.75) is 95.3 Å². The summed E-state index contributed by atoms with van der Waals surface area (Å²) in [6.45, 7) is 4.73. The Balaban J connectivity index is 1.18. The number of para-hydroxylation sites is 2. The van der Waals surface area contributed by atoms with E-state index in [0.29, 0.717) is 53.4 Å². The molecule has 2 N–H and O–H groups in total. The maximum atomic E-state index is 11.6. The van der Waals surface area contributed by atoms with Crippen molar-refractivity contribution in [3.63, 3.8) is 0 Å². The van der Waals surface area contributed by atoms with Crippen LogP contribution in [-0.2, 0) is 6.42 Å². The number of phenols is 2. The lowest BCUT2D eigenvalue weighted by Crippen LogP contribution is -2.19. The van der Waals surface area contributed by atoms with Crippen molar-refractivity contribution in [2.75, 3.05) is 0 Å². The molecule has 0 aliphatic heterocycles. The van der Waals surface area contributed by atoms with Crippen LogP contribution < -0.4 is 0 Å². The number of hydrogen-bond donors (Lipinski definition) is 2. The van der Waals surface area contributed by atoms with Gasteiger partial charge in [-0.3, -0.25) is 0 Å². The quantitative estimate of drug-likeness (QED) is 0.220. The van der Waals surface area contributed by atoms with E-state index >= 15 is 0 Å². The molecular weight excluding hydrogens is 524 g/mol. The van der Waals surface area contributed by atoms with Crippen LogP contribution in [0, 0.1) is 11.8 Å². The predicted molar refractivity (Wildman–Crippen MR) is 178 cm³/mol. The molecule has 2 saturated carbocycles. The number of hydrogen-bond acceptors (Lipinski definition) is 2. The van der Waals surface area contributed by atoms with Crippen molar-refractivity contribution in [1.29, 1.82) is 0 Å². The highest BCUT2D eigenvalue weighted by Gasteiger charge is 2.31. The van der Waals surface area contributed by atoms with Crippen LogP contribution in [0.15, 0.2) is 97.1 Å². The van der Waals surface area contributed by atoms with E-state index in [4.69, 9.17) is 0 Å². The summed E-state index contributed by atoms with van der Waals surface area (Å²) in [5, 5.41) is 23.2. The normalized spacial score (nSPS) is 23.9. The first-order chi connectivity index (χ1) is 21.0. The average molecular weight is 573 g/mol. The molecule has 0 amide bonds. The highest BCUT2D eigenvalue weighted by Crippen LogP contribution is 2.47. The highest BCUT2D eigenvalue weighted by atomic mass is 16.3. The lowest BCUT2D eigenvalue weighted by atomic mass is 9.71. The Morgan fingerprint density at radius 2 is 0.953 bits per heavy atom. The second-order valence-electron chi connectivity index (χ2n) is 13.5. The molecule has 224 valence electrons. The van der Waals surface area contributed by atoms with Crippen molar-refractivity contribution in [2.24, 2.45) is 11.8 Å². The second kappa shape index (κ2) is 13.4. The summed E-state index contributed by atoms with van der Waals surface area (Å²) in [4.78, 5) is 0. The summed E-state index contributed by atoms with van der Waals surface area (Å²) in [6.07, 6.45) is 9.91. The number of rotatable bonds is 8. The first kappa shape index (κ1) is 29.5. The van der Waals surface area contributed by atoms with Gasteiger partial charge in [0.1, 0.15) is 11.5 Å². The fourth-order valence-electron chi connectivity index (χ4n) is 8.36. The fourth-order valence-corrected chi connectivity index (χ4v) is 8.36. The first-order valence-electron chi connectivity index (χ1n) is 16.7. The summed E-state index contributed by atoms with van der Waals surface area (Å²) in [5.41, 5.74) is 6.84. The summed E-state index contributed by atoms with van der Waals surface area (Å²) < 4.78 is 0. The topological polar surface area (TPSA) is 40.5 Å². The van der Waals surface area contributed by atoms with Crippen molar-refractivity contribution >= 4 is 0 Å². The van der Waals surface area contributed by atoms with Gasteiger partial charge in [0.2, 0.25) is 0 Å². The Kier molecular flexibility index (Phi) is 9.22. The second-order valence-corrected chi connectivity index (χ2v) is 13.5. The fraction of sp³-hybridized carbons (Fsp3) is 0.415. The molecule has 2 aliphatic rings. The summed E-state index contributed by atoms with van der Waals surface area (Å²) >= 11 is 0. The van der Waals surface area contributed by atoms with E-state index in [0.717, 1.165) is 47.9 Å². The third-order valence-electron chi connectivity index (χ3n) is 11.1. The number of benzene rings is 4. The molecule has 0 saturated heterocycles. The van der Waals surface area contributed by atoms with Gasteiger partial charge in [-0.25, -0.2) is 0 Å². The van der Waals surface area contributed by atoms with Gasteiger partial charge in [0.25, 0.3) is 0 Å². The molecule has 43 heavy (non-hydrogen) atoms. The zero-order valence-electron chi connectivity index (χ0n) is 26.0. The van der Waals surface area contributed by atoms with E-state index in [1.54, 1.807) is 0 Å². The third-order valence-corrected chi connectivity index (χ3v) is 11.1. The number of phenolic OH excluding ortho intramolecular Hbond substituents is 2. The largest absolute Gasteiger partial charge is 0.507 e. The minimum atomic E-state index is 0.371. The van der Waals surface area contributed by atoms with E-state index in [1.807, 2.05) is 12.1 Å². The molecule has 0 radical (unpaired) electrons. The van der Waals surface area contributed by atoms with Crippen molar-refractivity contribution in [1.82, 2.24) is 0 Å². The van der Waals surface area contributed by atoms with Crippen LogP contribution in [-0.4, -0.2) is 10.2 Å². The van der Waals surface area contributed by atoms with Gasteiger partial charge in [0.05, 0.1) is 0 Å². The molecule has 2 heteroatoms. The van der Waals surface area contributed by atoms with Crippen LogP contribution >= 0.6 is 0 Å². The maximum Gasteiger partial charge on any atom is 0.122 e. The van der Waals surface area contributed by atoms with E-state index < -0.39 is 0 Å². The van der Waals surface area contributed by atoms with Crippen molar-refractivity contribution in [3.05, 3.63) is 130 Å². The first-order valence-corrected chi connectivity index (χ1v) is 16.7. The standard InChI is InChI=1S/C41H48O2/c1-28(30-13-5-3-6-14-30)32-17-9-19-34(25-32)38-23-11-21-36(40(38)42)27-37-22-12-24-39(41(37)43)35-20-10-18-33(26-35)29(2)31-15-7-4-8-16-31/h3-8,11-16,21-24,28-29,32-35,42-43H,9-10,17-20,25-27H2,1-2H3. The lowest BCUT2D eigenvalue weighted by molar-refractivity contribution is 0.282. The zero-order valence-corrected chi connectivity index (χ0v) is 26.0. The highest BCUT2D eigenvalue weighted by molar-refractivity contribution is 5.49. The molecule has 2 nitrogen and oxygen atoms in total. The molecule has 6 unspecified atom stereocenters. The van der Waals surface area contributed by atoms with Crippen molar-refractivity contribution < 1.29 is 10.2 Å². The molecule has 2 fully saturated rings. The van der Waals surface area contributed by atoms with Gasteiger partial charge >= 0.3 is 0 Å². The van der Waals surface area contributed by atoms with Crippen molar-refractivity contribution in [3.8, 4) is 11.5 Å². The van der Waals surface area contributed by atoms with Crippen LogP contribution in [0.5, 0.6) is 11.5 Å². The van der Waals surface area contributed by atoms with E-state index in [1.165, 1.54) is 36.8 Å². The van der Waals surface area contributed by atoms with Gasteiger partial charge in [0.15, 0.2) is 0 Å². The molecule has 6 atom stereocenters. The smallest absolute Gasteiger partial charge is 0.122 e. The molecular formula is C41H48O2. The Labute approximate surface area is 258 Å². The van der Waals surface area contributed by atoms with E-state index in [-0.39, 0.29) is 0 Å². The maximum absolute atomic E-state index is 11.6.